The van der Waals surface area contributed by atoms with Crippen LogP contribution >= 0.6 is 0 Å². The molecule has 0 spiro atoms. The second-order valence-electron chi connectivity index (χ2n) is 6.66. The molecule has 0 amide bonds. The van der Waals surface area contributed by atoms with Gasteiger partial charge >= 0.3 is 6.18 Å². The van der Waals surface area contributed by atoms with Gasteiger partial charge in [-0.15, -0.1) is 0 Å². The first-order valence-electron chi connectivity index (χ1n) is 7.58. The summed E-state index contributed by atoms with van der Waals surface area (Å²) in [5.74, 6) is 0.263. The summed E-state index contributed by atoms with van der Waals surface area (Å²) in [5, 5.41) is 0. The van der Waals surface area contributed by atoms with Crippen molar-refractivity contribution < 1.29 is 17.9 Å². The lowest BCUT2D eigenvalue weighted by atomic mass is 10.00. The van der Waals surface area contributed by atoms with Crippen LogP contribution in [0.2, 0.25) is 0 Å². The third-order valence-electron chi connectivity index (χ3n) is 3.50. The summed E-state index contributed by atoms with van der Waals surface area (Å²) in [7, 11) is 1.68. The third-order valence-corrected chi connectivity index (χ3v) is 3.50. The first-order valence-corrected chi connectivity index (χ1v) is 7.58. The molecule has 0 bridgehead atoms. The van der Waals surface area contributed by atoms with Gasteiger partial charge in [0.15, 0.2) is 5.65 Å². The average molecular weight is 350 g/mol. The summed E-state index contributed by atoms with van der Waals surface area (Å²) in [6, 6.07) is 1.50. The monoisotopic (exact) mass is 350 g/mol. The molecule has 0 saturated carbocycles. The lowest BCUT2D eigenvalue weighted by Crippen LogP contribution is -2.23. The number of imidazole rings is 1. The number of pyridine rings is 2. The first-order chi connectivity index (χ1) is 11.6. The quantitative estimate of drug-likeness (QED) is 0.694. The van der Waals surface area contributed by atoms with Crippen LogP contribution in [0.4, 0.5) is 13.2 Å². The van der Waals surface area contributed by atoms with Gasteiger partial charge in [0.05, 0.1) is 18.1 Å². The Bertz CT molecular complexity index is 926. The molecule has 0 aliphatic carbocycles. The number of rotatable bonds is 2. The second kappa shape index (κ2) is 5.72. The Kier molecular flexibility index (Phi) is 3.93. The summed E-state index contributed by atoms with van der Waals surface area (Å²) in [6.07, 6.45) is 0.542. The van der Waals surface area contributed by atoms with Gasteiger partial charge in [-0.3, -0.25) is 4.98 Å². The van der Waals surface area contributed by atoms with E-state index >= 15 is 0 Å². The number of nitrogens with zero attached hydrogens (tertiary/aromatic N) is 4. The van der Waals surface area contributed by atoms with Gasteiger partial charge in [0.1, 0.15) is 16.9 Å². The van der Waals surface area contributed by atoms with Crippen LogP contribution < -0.4 is 4.74 Å². The molecule has 3 rings (SSSR count). The molecule has 3 aromatic heterocycles. The van der Waals surface area contributed by atoms with E-state index in [1.54, 1.807) is 11.6 Å². The van der Waals surface area contributed by atoms with Crippen molar-refractivity contribution in [3.8, 4) is 16.9 Å². The Hall–Kier alpha value is -2.64. The van der Waals surface area contributed by atoms with Gasteiger partial charge in [-0.25, -0.2) is 9.97 Å². The highest BCUT2D eigenvalue weighted by Gasteiger charge is 2.37. The van der Waals surface area contributed by atoms with Crippen LogP contribution in [0, 0.1) is 0 Å². The van der Waals surface area contributed by atoms with Crippen LogP contribution in [-0.4, -0.2) is 25.1 Å². The zero-order chi connectivity index (χ0) is 18.4. The molecule has 0 aliphatic rings. The van der Waals surface area contributed by atoms with Crippen LogP contribution in [0.15, 0.2) is 31.0 Å². The normalized spacial score (nSPS) is 12.6. The second-order valence-corrected chi connectivity index (χ2v) is 6.66. The Morgan fingerprint density at radius 1 is 1.08 bits per heavy atom. The molecule has 0 saturated heterocycles. The average Bonchev–Trinajstić information content (AvgIpc) is 2.86. The van der Waals surface area contributed by atoms with Crippen molar-refractivity contribution in [2.45, 2.75) is 32.5 Å². The lowest BCUT2D eigenvalue weighted by Gasteiger charge is -2.23. The minimum Gasteiger partial charge on any atom is -0.486 e. The molecule has 3 heterocycles. The summed E-state index contributed by atoms with van der Waals surface area (Å²) >= 11 is 0. The minimum absolute atomic E-state index is 0.0558. The lowest BCUT2D eigenvalue weighted by molar-refractivity contribution is -0.137. The molecule has 5 nitrogen and oxygen atoms in total. The van der Waals surface area contributed by atoms with Gasteiger partial charge in [-0.1, -0.05) is 0 Å². The number of halogens is 3. The van der Waals surface area contributed by atoms with E-state index in [1.807, 2.05) is 20.8 Å². The molecule has 132 valence electrons. The predicted molar refractivity (Wildman–Crippen MR) is 87.1 cm³/mol. The molecule has 3 aromatic rings. The molecule has 0 aliphatic heterocycles. The first kappa shape index (κ1) is 17.2. The van der Waals surface area contributed by atoms with E-state index in [4.69, 9.17) is 4.74 Å². The van der Waals surface area contributed by atoms with E-state index in [0.717, 1.165) is 6.20 Å². The smallest absolute Gasteiger partial charge is 0.418 e. The molecular formula is C17H17F3N4O. The number of aromatic nitrogens is 4. The van der Waals surface area contributed by atoms with E-state index in [1.165, 1.54) is 24.8 Å². The number of alkyl halides is 3. The summed E-state index contributed by atoms with van der Waals surface area (Å²) in [6.45, 7) is 5.45. The van der Waals surface area contributed by atoms with Crippen LogP contribution in [0.25, 0.3) is 22.3 Å². The van der Waals surface area contributed by atoms with E-state index in [0.29, 0.717) is 5.65 Å². The fourth-order valence-electron chi connectivity index (χ4n) is 2.56. The van der Waals surface area contributed by atoms with Crippen molar-refractivity contribution in [2.24, 2.45) is 7.05 Å². The maximum atomic E-state index is 13.6. The van der Waals surface area contributed by atoms with Crippen LogP contribution in [0.5, 0.6) is 5.75 Å². The van der Waals surface area contributed by atoms with Crippen molar-refractivity contribution in [2.75, 3.05) is 0 Å². The van der Waals surface area contributed by atoms with Crippen molar-refractivity contribution in [3.63, 3.8) is 0 Å². The zero-order valence-corrected chi connectivity index (χ0v) is 14.2. The van der Waals surface area contributed by atoms with Crippen molar-refractivity contribution >= 4 is 11.2 Å². The zero-order valence-electron chi connectivity index (χ0n) is 14.2. The van der Waals surface area contributed by atoms with Gasteiger partial charge in [0.25, 0.3) is 0 Å². The standard InChI is InChI=1S/C17H17F3N4O/c1-16(2,3)25-12-8-21-6-5-10(12)13-11(17(18,19)20)7-22-15-14(13)23-9-24(15)4/h5-9H,1-4H3. The van der Waals surface area contributed by atoms with Crippen molar-refractivity contribution in [1.82, 2.24) is 19.5 Å². The highest BCUT2D eigenvalue weighted by molar-refractivity contribution is 5.93. The van der Waals surface area contributed by atoms with Gasteiger partial charge in [-0.05, 0) is 26.8 Å². The molecule has 8 heteroatoms. The third kappa shape index (κ3) is 3.29. The van der Waals surface area contributed by atoms with Gasteiger partial charge in [0, 0.05) is 30.6 Å². The Morgan fingerprint density at radius 3 is 2.44 bits per heavy atom. The van der Waals surface area contributed by atoms with E-state index in [-0.39, 0.29) is 22.4 Å². The molecule has 0 atom stereocenters. The number of ether oxygens (including phenoxy) is 1. The minimum atomic E-state index is -4.57. The molecule has 25 heavy (non-hydrogen) atoms. The van der Waals surface area contributed by atoms with Crippen LogP contribution in [0.1, 0.15) is 26.3 Å². The SMILES string of the molecule is Cn1cnc2c(-c3ccncc3OC(C)(C)C)c(C(F)(F)F)cnc21. The predicted octanol–water partition coefficient (Wildman–Crippen LogP) is 4.23. The maximum absolute atomic E-state index is 13.6. The van der Waals surface area contributed by atoms with Crippen LogP contribution in [0.3, 0.4) is 0 Å². The highest BCUT2D eigenvalue weighted by atomic mass is 19.4. The largest absolute Gasteiger partial charge is 0.486 e. The topological polar surface area (TPSA) is 52.8 Å². The Labute approximate surface area is 142 Å². The molecule has 0 aromatic carbocycles. The maximum Gasteiger partial charge on any atom is 0.418 e. The van der Waals surface area contributed by atoms with Crippen molar-refractivity contribution in [3.05, 3.63) is 36.5 Å². The molecule has 0 unspecified atom stereocenters. The van der Waals surface area contributed by atoms with Crippen LogP contribution in [-0.2, 0) is 13.2 Å². The number of hydrogen-bond donors (Lipinski definition) is 0. The van der Waals surface area contributed by atoms with E-state index in [2.05, 4.69) is 15.0 Å². The number of aryl methyl sites for hydroxylation is 1. The fourth-order valence-corrected chi connectivity index (χ4v) is 2.56. The Balaban J connectivity index is 2.35. The Morgan fingerprint density at radius 2 is 1.80 bits per heavy atom. The summed E-state index contributed by atoms with van der Waals surface area (Å²) in [5.41, 5.74) is -0.692. The molecule has 0 N–H and O–H groups in total. The number of fused-ring (bicyclic) bond motifs is 1. The van der Waals surface area contributed by atoms with E-state index in [9.17, 15) is 13.2 Å². The van der Waals surface area contributed by atoms with Gasteiger partial charge < -0.3 is 9.30 Å². The highest BCUT2D eigenvalue weighted by Crippen LogP contribution is 2.43. The van der Waals surface area contributed by atoms with Gasteiger partial charge in [0.2, 0.25) is 0 Å². The molecule has 0 fully saturated rings. The summed E-state index contributed by atoms with van der Waals surface area (Å²) < 4.78 is 48.2. The van der Waals surface area contributed by atoms with Gasteiger partial charge in [-0.2, -0.15) is 13.2 Å². The fraction of sp³-hybridized carbons (Fsp3) is 0.353. The summed E-state index contributed by atoms with van der Waals surface area (Å²) in [4.78, 5) is 12.0. The van der Waals surface area contributed by atoms with E-state index < -0.39 is 17.3 Å². The number of hydrogen-bond acceptors (Lipinski definition) is 4. The van der Waals surface area contributed by atoms with Crippen molar-refractivity contribution in [1.29, 1.82) is 0 Å². The molecule has 0 radical (unpaired) electrons. The molecular weight excluding hydrogens is 333 g/mol.